The van der Waals surface area contributed by atoms with E-state index in [0.717, 1.165) is 29.3 Å². The van der Waals surface area contributed by atoms with Crippen LogP contribution in [0, 0.1) is 5.92 Å². The molecule has 1 fully saturated rings. The zero-order chi connectivity index (χ0) is 21.6. The highest BCUT2D eigenvalue weighted by Gasteiger charge is 2.17. The lowest BCUT2D eigenvalue weighted by molar-refractivity contribution is -0.137. The molecule has 162 valence electrons. The maximum absolute atomic E-state index is 11.1. The minimum Gasteiger partial charge on any atom is -0.489 e. The van der Waals surface area contributed by atoms with Crippen LogP contribution in [0.3, 0.4) is 0 Å². The zero-order valence-electron chi connectivity index (χ0n) is 18.0. The number of fused-ring (bicyclic) bond motifs is 1. The molecule has 0 spiro atoms. The van der Waals surface area contributed by atoms with Crippen LogP contribution >= 0.6 is 0 Å². The smallest absolute Gasteiger partial charge is 0.304 e. The van der Waals surface area contributed by atoms with Gasteiger partial charge in [0, 0.05) is 17.8 Å². The minimum absolute atomic E-state index is 0.0824. The van der Waals surface area contributed by atoms with Crippen molar-refractivity contribution >= 4 is 16.9 Å². The number of carboxylic acids is 1. The molecule has 31 heavy (non-hydrogen) atoms. The number of ether oxygens (including phenoxy) is 1. The van der Waals surface area contributed by atoms with E-state index in [1.807, 2.05) is 49.5 Å². The van der Waals surface area contributed by atoms with Crippen LogP contribution in [-0.2, 0) is 17.9 Å². The molecular weight excluding hydrogens is 388 g/mol. The van der Waals surface area contributed by atoms with Gasteiger partial charge in [-0.1, -0.05) is 49.3 Å². The second kappa shape index (κ2) is 9.82. The Morgan fingerprint density at radius 3 is 2.71 bits per heavy atom. The van der Waals surface area contributed by atoms with Gasteiger partial charge in [0.15, 0.2) is 0 Å². The second-order valence-electron chi connectivity index (χ2n) is 8.46. The third-order valence-electron chi connectivity index (χ3n) is 6.15. The summed E-state index contributed by atoms with van der Waals surface area (Å²) in [5.41, 5.74) is 3.26. The largest absolute Gasteiger partial charge is 0.489 e. The molecule has 3 aromatic rings. The average Bonchev–Trinajstić information content (AvgIpc) is 3.42. The van der Waals surface area contributed by atoms with Crippen LogP contribution in [0.4, 0.5) is 0 Å². The molecule has 0 aliphatic heterocycles. The van der Waals surface area contributed by atoms with Gasteiger partial charge in [0.2, 0.25) is 0 Å². The van der Waals surface area contributed by atoms with Crippen LogP contribution < -0.4 is 4.74 Å². The van der Waals surface area contributed by atoms with Gasteiger partial charge >= 0.3 is 5.97 Å². The van der Waals surface area contributed by atoms with Crippen molar-refractivity contribution in [3.05, 3.63) is 71.9 Å². The molecule has 0 saturated heterocycles. The van der Waals surface area contributed by atoms with Gasteiger partial charge in [-0.2, -0.15) is 5.10 Å². The highest BCUT2D eigenvalue weighted by molar-refractivity contribution is 5.79. The number of benzene rings is 2. The van der Waals surface area contributed by atoms with Crippen LogP contribution in [0.5, 0.6) is 5.75 Å². The van der Waals surface area contributed by atoms with E-state index in [0.29, 0.717) is 6.61 Å². The number of hydrogen-bond acceptors (Lipinski definition) is 3. The monoisotopic (exact) mass is 418 g/mol. The SMILES string of the molecule is CC=C[C@H](CC(=O)O)c1ccc(OCc2ccc3cnn(CC4CCCC4)c3c2)cc1. The molecule has 2 aromatic carbocycles. The molecule has 1 aromatic heterocycles. The molecule has 4 rings (SSSR count). The predicted molar refractivity (Wildman–Crippen MR) is 122 cm³/mol. The Kier molecular flexibility index (Phi) is 6.70. The first-order valence-corrected chi connectivity index (χ1v) is 11.1. The molecule has 1 atom stereocenters. The lowest BCUT2D eigenvalue weighted by Crippen LogP contribution is -2.08. The maximum atomic E-state index is 11.1. The second-order valence-corrected chi connectivity index (χ2v) is 8.46. The number of carboxylic acid groups (broad SMARTS) is 1. The lowest BCUT2D eigenvalue weighted by atomic mass is 9.95. The van der Waals surface area contributed by atoms with Gasteiger partial charge in [0.25, 0.3) is 0 Å². The minimum atomic E-state index is -0.800. The summed E-state index contributed by atoms with van der Waals surface area (Å²) in [6.07, 6.45) is 11.1. The van der Waals surface area contributed by atoms with Crippen molar-refractivity contribution in [3.63, 3.8) is 0 Å². The number of hydrogen-bond donors (Lipinski definition) is 1. The van der Waals surface area contributed by atoms with E-state index >= 15 is 0 Å². The Hall–Kier alpha value is -3.08. The molecule has 0 bridgehead atoms. The highest BCUT2D eigenvalue weighted by Crippen LogP contribution is 2.28. The molecule has 1 saturated carbocycles. The molecule has 0 radical (unpaired) electrons. The van der Waals surface area contributed by atoms with Gasteiger partial charge in [-0.05, 0) is 55.0 Å². The first-order valence-electron chi connectivity index (χ1n) is 11.1. The van der Waals surface area contributed by atoms with Crippen LogP contribution in [0.25, 0.3) is 10.9 Å². The van der Waals surface area contributed by atoms with E-state index in [-0.39, 0.29) is 12.3 Å². The number of allylic oxidation sites excluding steroid dienone is 2. The summed E-state index contributed by atoms with van der Waals surface area (Å²) in [4.78, 5) is 11.1. The standard InChI is InChI=1S/C26H30N2O3/c1-2-5-22(15-26(29)30)21-10-12-24(13-11-21)31-18-20-8-9-23-16-27-28(25(23)14-20)17-19-6-3-4-7-19/h2,5,8-14,16,19,22H,3-4,6-7,15,17-18H2,1H3,(H,29,30)/t22-/m1/s1. The fraction of sp³-hybridized carbons (Fsp3) is 0.385. The van der Waals surface area contributed by atoms with Gasteiger partial charge in [0.05, 0.1) is 18.1 Å². The number of carbonyl (C=O) groups is 1. The van der Waals surface area contributed by atoms with E-state index in [9.17, 15) is 4.79 Å². The highest BCUT2D eigenvalue weighted by atomic mass is 16.5. The number of aliphatic carboxylic acids is 1. The summed E-state index contributed by atoms with van der Waals surface area (Å²) >= 11 is 0. The fourth-order valence-corrected chi connectivity index (χ4v) is 4.48. The Bertz CT molecular complexity index is 1050. The molecule has 0 unspecified atom stereocenters. The quantitative estimate of drug-likeness (QED) is 0.437. The summed E-state index contributed by atoms with van der Waals surface area (Å²) in [6, 6.07) is 14.1. The van der Waals surface area contributed by atoms with Crippen molar-refractivity contribution in [3.8, 4) is 5.75 Å². The summed E-state index contributed by atoms with van der Waals surface area (Å²) in [5.74, 6) is 0.594. The van der Waals surface area contributed by atoms with Crippen LogP contribution in [0.15, 0.2) is 60.8 Å². The molecule has 0 amide bonds. The molecule has 1 aliphatic carbocycles. The molecule has 5 heteroatoms. The first-order chi connectivity index (χ1) is 15.1. The van der Waals surface area contributed by atoms with E-state index < -0.39 is 5.97 Å². The number of nitrogens with zero attached hydrogens (tertiary/aromatic N) is 2. The van der Waals surface area contributed by atoms with Gasteiger partial charge in [-0.3, -0.25) is 9.48 Å². The van der Waals surface area contributed by atoms with Gasteiger partial charge in [-0.25, -0.2) is 0 Å². The Morgan fingerprint density at radius 2 is 2.00 bits per heavy atom. The van der Waals surface area contributed by atoms with E-state index in [1.165, 1.54) is 36.6 Å². The van der Waals surface area contributed by atoms with E-state index in [1.54, 1.807) is 0 Å². The molecular formula is C26H30N2O3. The summed E-state index contributed by atoms with van der Waals surface area (Å²) < 4.78 is 8.15. The summed E-state index contributed by atoms with van der Waals surface area (Å²) in [6.45, 7) is 3.39. The third-order valence-corrected chi connectivity index (χ3v) is 6.15. The normalized spacial score (nSPS) is 15.6. The summed E-state index contributed by atoms with van der Waals surface area (Å²) in [7, 11) is 0. The average molecular weight is 419 g/mol. The Balaban J connectivity index is 1.42. The van der Waals surface area contributed by atoms with Crippen molar-refractivity contribution < 1.29 is 14.6 Å². The Labute approximate surface area is 183 Å². The third kappa shape index (κ3) is 5.35. The molecule has 1 N–H and O–H groups in total. The van der Waals surface area contributed by atoms with Crippen LogP contribution in [0.2, 0.25) is 0 Å². The van der Waals surface area contributed by atoms with Crippen molar-refractivity contribution in [2.75, 3.05) is 0 Å². The predicted octanol–water partition coefficient (Wildman–Crippen LogP) is 5.94. The van der Waals surface area contributed by atoms with Gasteiger partial charge in [0.1, 0.15) is 12.4 Å². The zero-order valence-corrected chi connectivity index (χ0v) is 18.0. The van der Waals surface area contributed by atoms with E-state index in [4.69, 9.17) is 9.84 Å². The number of rotatable bonds is 9. The van der Waals surface area contributed by atoms with Gasteiger partial charge in [-0.15, -0.1) is 0 Å². The summed E-state index contributed by atoms with van der Waals surface area (Å²) in [5, 5.41) is 14.9. The molecule has 5 nitrogen and oxygen atoms in total. The molecule has 1 aliphatic rings. The van der Waals surface area contributed by atoms with Crippen molar-refractivity contribution in [1.29, 1.82) is 0 Å². The van der Waals surface area contributed by atoms with Crippen molar-refractivity contribution in [2.24, 2.45) is 5.92 Å². The first kappa shape index (κ1) is 21.2. The van der Waals surface area contributed by atoms with Crippen molar-refractivity contribution in [1.82, 2.24) is 9.78 Å². The van der Waals surface area contributed by atoms with Gasteiger partial charge < -0.3 is 9.84 Å². The van der Waals surface area contributed by atoms with Crippen LogP contribution in [0.1, 0.15) is 56.1 Å². The molecule has 1 heterocycles. The Morgan fingerprint density at radius 1 is 1.23 bits per heavy atom. The fourth-order valence-electron chi connectivity index (χ4n) is 4.48. The topological polar surface area (TPSA) is 64.3 Å². The van der Waals surface area contributed by atoms with E-state index in [2.05, 4.69) is 28.0 Å². The maximum Gasteiger partial charge on any atom is 0.304 e. The lowest BCUT2D eigenvalue weighted by Gasteiger charge is -2.13. The van der Waals surface area contributed by atoms with Crippen LogP contribution in [-0.4, -0.2) is 20.9 Å². The van der Waals surface area contributed by atoms with Crippen molar-refractivity contribution in [2.45, 2.75) is 58.1 Å². The number of aromatic nitrogens is 2.